The van der Waals surface area contributed by atoms with Crippen LogP contribution in [0, 0.1) is 49.4 Å². The molecule has 0 saturated heterocycles. The number of hydrogen-bond donors (Lipinski definition) is 5. The van der Waals surface area contributed by atoms with Crippen LogP contribution in [0.4, 0.5) is 0 Å². The van der Waals surface area contributed by atoms with E-state index >= 15 is 0 Å². The number of phenols is 4. The fourth-order valence-electron chi connectivity index (χ4n) is 2.14. The molecule has 7 nitrogen and oxygen atoms in total. The van der Waals surface area contributed by atoms with Gasteiger partial charge in [0, 0.05) is 67.1 Å². The minimum Gasteiger partial charge on any atom is -0.508 e. The third-order valence-corrected chi connectivity index (χ3v) is 3.17. The van der Waals surface area contributed by atoms with E-state index in [1.165, 1.54) is 6.07 Å². The topological polar surface area (TPSA) is 131 Å². The van der Waals surface area contributed by atoms with Gasteiger partial charge in [-0.2, -0.15) is 0 Å². The van der Waals surface area contributed by atoms with E-state index < -0.39 is 22.7 Å². The van der Waals surface area contributed by atoms with Crippen molar-refractivity contribution in [1.82, 2.24) is 0 Å². The molecule has 2 aromatic carbocycles. The number of benzene rings is 2. The van der Waals surface area contributed by atoms with Gasteiger partial charge in [-0.1, -0.05) is 0 Å². The molecular weight excluding hydrogens is 444 g/mol. The molecule has 1 aromatic heterocycles. The second-order valence-electron chi connectivity index (χ2n) is 4.65. The summed E-state index contributed by atoms with van der Waals surface area (Å²) in [5.74, 6) is -2.71. The molecule has 5 N–H and O–H groups in total. The Labute approximate surface area is 169 Å². The van der Waals surface area contributed by atoms with Crippen molar-refractivity contribution in [2.75, 3.05) is 0 Å². The molecule has 3 aromatic rings. The maximum atomic E-state index is 12.1. The largest absolute Gasteiger partial charge is 0.508 e. The fraction of sp³-hybridized carbons (Fsp3) is 0. The smallest absolute Gasteiger partial charge is 0.238 e. The summed E-state index contributed by atoms with van der Waals surface area (Å²) >= 11 is 0. The van der Waals surface area contributed by atoms with Crippen molar-refractivity contribution >= 4 is 11.0 Å². The third-order valence-electron chi connectivity index (χ3n) is 3.17. The summed E-state index contributed by atoms with van der Waals surface area (Å²) in [5.41, 5.74) is -0.890. The molecular formula is C15H10EuO7. The molecule has 0 atom stereocenters. The molecule has 0 fully saturated rings. The van der Waals surface area contributed by atoms with E-state index in [-0.39, 0.29) is 83.2 Å². The summed E-state index contributed by atoms with van der Waals surface area (Å²) < 4.78 is 5.35. The van der Waals surface area contributed by atoms with Gasteiger partial charge in [-0.15, -0.1) is 0 Å². The summed E-state index contributed by atoms with van der Waals surface area (Å²) in [7, 11) is 0. The number of rotatable bonds is 1. The van der Waals surface area contributed by atoms with E-state index in [2.05, 4.69) is 0 Å². The maximum absolute atomic E-state index is 12.1. The minimum absolute atomic E-state index is 0. The van der Waals surface area contributed by atoms with Gasteiger partial charge >= 0.3 is 0 Å². The van der Waals surface area contributed by atoms with Crippen LogP contribution in [0.25, 0.3) is 22.3 Å². The van der Waals surface area contributed by atoms with Crippen LogP contribution in [0.1, 0.15) is 0 Å². The number of hydrogen-bond acceptors (Lipinski definition) is 7. The quantitative estimate of drug-likeness (QED) is 0.356. The average Bonchev–Trinajstić information content (AvgIpc) is 2.45. The Morgan fingerprint density at radius 1 is 0.826 bits per heavy atom. The number of fused-ring (bicyclic) bond motifs is 1. The standard InChI is InChI=1S/C15H10O7.Eu/c16-7-4-10(19)12-11(5-7)22-15(14(21)13(12)20)6-1-2-8(17)9(18)3-6;/h1-5,16-19,21H;. The van der Waals surface area contributed by atoms with Crippen LogP contribution < -0.4 is 5.43 Å². The normalized spacial score (nSPS) is 10.4. The first kappa shape index (κ1) is 17.6. The molecule has 0 aliphatic carbocycles. The molecule has 23 heavy (non-hydrogen) atoms. The van der Waals surface area contributed by atoms with Gasteiger partial charge in [-0.3, -0.25) is 4.79 Å². The van der Waals surface area contributed by atoms with Crippen molar-refractivity contribution in [3.05, 3.63) is 40.6 Å². The zero-order valence-corrected chi connectivity index (χ0v) is 13.7. The van der Waals surface area contributed by atoms with Gasteiger partial charge in [0.05, 0.1) is 0 Å². The molecule has 1 heterocycles. The Morgan fingerprint density at radius 3 is 2.17 bits per heavy atom. The average molecular weight is 454 g/mol. The van der Waals surface area contributed by atoms with Crippen molar-refractivity contribution < 1.29 is 79.3 Å². The SMILES string of the molecule is O=c1c(O)c(-c2ccc(O)c(O)c2)oc2cc(O)cc(O)c12.[Eu]. The molecule has 3 rings (SSSR count). The van der Waals surface area contributed by atoms with Gasteiger partial charge < -0.3 is 29.9 Å². The van der Waals surface area contributed by atoms with Crippen LogP contribution in [0.15, 0.2) is 39.5 Å². The predicted molar refractivity (Wildman–Crippen MR) is 76.2 cm³/mol. The number of phenolic OH excluding ortho intramolecular Hbond substituents is 4. The molecule has 8 heteroatoms. The molecule has 1 radical (unpaired) electrons. The predicted octanol–water partition coefficient (Wildman–Crippen LogP) is 1.99. The molecule has 0 bridgehead atoms. The van der Waals surface area contributed by atoms with Crippen molar-refractivity contribution in [3.63, 3.8) is 0 Å². The Balaban J connectivity index is 0.00000192. The second-order valence-corrected chi connectivity index (χ2v) is 4.65. The molecule has 119 valence electrons. The first-order chi connectivity index (χ1) is 10.4. The van der Waals surface area contributed by atoms with E-state index in [1.807, 2.05) is 0 Å². The Hall–Kier alpha value is -1.77. The first-order valence-corrected chi connectivity index (χ1v) is 6.12. The summed E-state index contributed by atoms with van der Waals surface area (Å²) in [6.07, 6.45) is 0. The summed E-state index contributed by atoms with van der Waals surface area (Å²) in [6.45, 7) is 0. The monoisotopic (exact) mass is 455 g/mol. The van der Waals surface area contributed by atoms with Gasteiger partial charge in [0.15, 0.2) is 17.3 Å². The van der Waals surface area contributed by atoms with Crippen molar-refractivity contribution in [2.45, 2.75) is 0 Å². The van der Waals surface area contributed by atoms with Crippen molar-refractivity contribution in [1.29, 1.82) is 0 Å². The van der Waals surface area contributed by atoms with Gasteiger partial charge in [-0.25, -0.2) is 0 Å². The summed E-state index contributed by atoms with van der Waals surface area (Å²) in [6, 6.07) is 5.64. The van der Waals surface area contributed by atoms with Crippen molar-refractivity contribution in [2.24, 2.45) is 0 Å². The van der Waals surface area contributed by atoms with Crippen molar-refractivity contribution in [3.8, 4) is 40.1 Å². The second kappa shape index (κ2) is 6.39. The zero-order valence-electron chi connectivity index (χ0n) is 11.3. The number of aromatic hydroxyl groups is 5. The van der Waals surface area contributed by atoms with Crippen LogP contribution in [-0.4, -0.2) is 25.5 Å². The summed E-state index contributed by atoms with van der Waals surface area (Å²) in [4.78, 5) is 12.1. The van der Waals surface area contributed by atoms with E-state index in [0.717, 1.165) is 24.3 Å². The van der Waals surface area contributed by atoms with Crippen LogP contribution in [-0.2, 0) is 0 Å². The molecule has 0 saturated carbocycles. The minimum atomic E-state index is -0.888. The van der Waals surface area contributed by atoms with Gasteiger partial charge in [0.25, 0.3) is 0 Å². The van der Waals surface area contributed by atoms with E-state index in [9.17, 15) is 30.3 Å². The van der Waals surface area contributed by atoms with Gasteiger partial charge in [-0.05, 0) is 18.2 Å². The molecule has 0 aliphatic rings. The van der Waals surface area contributed by atoms with Crippen LogP contribution in [0.5, 0.6) is 28.7 Å². The Morgan fingerprint density at radius 2 is 1.52 bits per heavy atom. The molecule has 0 aliphatic heterocycles. The van der Waals surface area contributed by atoms with Crippen LogP contribution in [0.2, 0.25) is 0 Å². The Kier molecular flexibility index (Phi) is 4.88. The van der Waals surface area contributed by atoms with Crippen LogP contribution >= 0.6 is 0 Å². The fourth-order valence-corrected chi connectivity index (χ4v) is 2.14. The van der Waals surface area contributed by atoms with E-state index in [1.54, 1.807) is 0 Å². The molecule has 0 unspecified atom stereocenters. The molecule has 0 amide bonds. The van der Waals surface area contributed by atoms with Gasteiger partial charge in [0.1, 0.15) is 22.5 Å². The van der Waals surface area contributed by atoms with E-state index in [4.69, 9.17) is 4.42 Å². The zero-order chi connectivity index (χ0) is 16.0. The Bertz CT molecular complexity index is 962. The van der Waals surface area contributed by atoms with E-state index in [0.29, 0.717) is 0 Å². The first-order valence-electron chi connectivity index (χ1n) is 6.12. The molecule has 0 spiro atoms. The maximum Gasteiger partial charge on any atom is 0.238 e. The van der Waals surface area contributed by atoms with Crippen LogP contribution in [0.3, 0.4) is 0 Å². The summed E-state index contributed by atoms with van der Waals surface area (Å²) in [5, 5.41) is 47.6. The van der Waals surface area contributed by atoms with Gasteiger partial charge in [0.2, 0.25) is 11.2 Å². The third kappa shape index (κ3) is 3.02.